The van der Waals surface area contributed by atoms with Crippen molar-refractivity contribution in [2.75, 3.05) is 0 Å². The summed E-state index contributed by atoms with van der Waals surface area (Å²) >= 11 is 0. The molecule has 0 saturated carbocycles. The van der Waals surface area contributed by atoms with Crippen LogP contribution >= 0.6 is 0 Å². The fourth-order valence-electron chi connectivity index (χ4n) is 0.753. The maximum Gasteiger partial charge on any atom is 0.559 e. The van der Waals surface area contributed by atoms with Crippen LogP contribution in [0.15, 0.2) is 23.1 Å². The molecule has 1 aromatic heterocycles. The monoisotopic (exact) mass is 171 g/mol. The maximum atomic E-state index is 10.9. The van der Waals surface area contributed by atoms with Gasteiger partial charge in [-0.3, -0.25) is 24.9 Å². The lowest BCUT2D eigenvalue weighted by Gasteiger charge is -2.02. The quantitative estimate of drug-likeness (QED) is 0.309. The second-order valence-corrected chi connectivity index (χ2v) is 2.00. The minimum atomic E-state index is -1.48. The van der Waals surface area contributed by atoms with Gasteiger partial charge in [0.1, 0.15) is 0 Å². The third kappa shape index (κ3) is 1.71. The van der Waals surface area contributed by atoms with Crippen molar-refractivity contribution in [3.05, 3.63) is 28.7 Å². The summed E-state index contributed by atoms with van der Waals surface area (Å²) < 4.78 is 0. The number of pyridine rings is 1. The number of aromatic nitrogens is 1. The molecule has 0 spiro atoms. The first-order chi connectivity index (χ1) is 5.79. The molecule has 1 rings (SSSR count). The van der Waals surface area contributed by atoms with E-state index in [1.54, 1.807) is 0 Å². The van der Waals surface area contributed by atoms with E-state index >= 15 is 0 Å². The van der Waals surface area contributed by atoms with Gasteiger partial charge in [0.15, 0.2) is 0 Å². The van der Waals surface area contributed by atoms with Crippen LogP contribution in [0.5, 0.6) is 0 Å². The molecule has 1 aromatic rings. The van der Waals surface area contributed by atoms with Gasteiger partial charge in [-0.25, -0.2) is 0 Å². The molecule has 3 N–H and O–H groups in total. The standard InChI is InChI=1S/C5H6BNO5/c8-5-4(2-1-3-7-5)6(11-9)12-10/h1-3,9-10H,(H,7,8). The summed E-state index contributed by atoms with van der Waals surface area (Å²) in [6.45, 7) is 0. The van der Waals surface area contributed by atoms with Crippen LogP contribution in [0.2, 0.25) is 0 Å². The Morgan fingerprint density at radius 2 is 2.08 bits per heavy atom. The van der Waals surface area contributed by atoms with Crippen LogP contribution in [0, 0.1) is 0 Å². The predicted molar refractivity (Wildman–Crippen MR) is 39.9 cm³/mol. The molecule has 0 aliphatic heterocycles. The third-order valence-electron chi connectivity index (χ3n) is 1.29. The summed E-state index contributed by atoms with van der Waals surface area (Å²) in [4.78, 5) is 20.6. The Labute approximate surface area is 67.4 Å². The highest BCUT2D eigenvalue weighted by Gasteiger charge is 2.24. The van der Waals surface area contributed by atoms with Crippen molar-refractivity contribution in [2.45, 2.75) is 0 Å². The van der Waals surface area contributed by atoms with Gasteiger partial charge in [0, 0.05) is 6.20 Å². The average molecular weight is 171 g/mol. The molecule has 0 radical (unpaired) electrons. The Balaban J connectivity index is 3.00. The van der Waals surface area contributed by atoms with Crippen molar-refractivity contribution < 1.29 is 20.1 Å². The van der Waals surface area contributed by atoms with Gasteiger partial charge in [0.2, 0.25) is 5.56 Å². The van der Waals surface area contributed by atoms with Crippen molar-refractivity contribution in [2.24, 2.45) is 0 Å². The molecule has 0 fully saturated rings. The number of hydrogen-bond acceptors (Lipinski definition) is 5. The molecule has 0 aliphatic carbocycles. The lowest BCUT2D eigenvalue weighted by Crippen LogP contribution is -2.45. The summed E-state index contributed by atoms with van der Waals surface area (Å²) in [6, 6.07) is 2.84. The first-order valence-electron chi connectivity index (χ1n) is 3.07. The molecule has 0 saturated heterocycles. The Morgan fingerprint density at radius 3 is 2.58 bits per heavy atom. The van der Waals surface area contributed by atoms with Gasteiger partial charge < -0.3 is 4.98 Å². The van der Waals surface area contributed by atoms with Crippen molar-refractivity contribution in [1.29, 1.82) is 0 Å². The van der Waals surface area contributed by atoms with E-state index in [1.165, 1.54) is 18.3 Å². The van der Waals surface area contributed by atoms with Crippen molar-refractivity contribution in [1.82, 2.24) is 4.98 Å². The van der Waals surface area contributed by atoms with Gasteiger partial charge in [-0.2, -0.15) is 0 Å². The summed E-state index contributed by atoms with van der Waals surface area (Å²) in [5.74, 6) is 0. The van der Waals surface area contributed by atoms with E-state index in [0.29, 0.717) is 0 Å². The molecule has 0 aliphatic rings. The second kappa shape index (κ2) is 4.03. The highest BCUT2D eigenvalue weighted by atomic mass is 17.2. The largest absolute Gasteiger partial charge is 0.559 e. The molecule has 6 nitrogen and oxygen atoms in total. The molecule has 1 heterocycles. The molecule has 12 heavy (non-hydrogen) atoms. The fourth-order valence-corrected chi connectivity index (χ4v) is 0.753. The van der Waals surface area contributed by atoms with E-state index in [2.05, 4.69) is 14.6 Å². The van der Waals surface area contributed by atoms with Gasteiger partial charge in [0.25, 0.3) is 0 Å². The van der Waals surface area contributed by atoms with E-state index in [4.69, 9.17) is 10.5 Å². The fraction of sp³-hybridized carbons (Fsp3) is 0. The molecule has 0 bridgehead atoms. The van der Waals surface area contributed by atoms with Crippen LogP contribution in [0.1, 0.15) is 0 Å². The summed E-state index contributed by atoms with van der Waals surface area (Å²) in [6.07, 6.45) is 1.40. The summed E-state index contributed by atoms with van der Waals surface area (Å²) in [7, 11) is -1.48. The lowest BCUT2D eigenvalue weighted by atomic mass is 9.81. The number of hydrogen-bond donors (Lipinski definition) is 3. The zero-order valence-corrected chi connectivity index (χ0v) is 5.93. The second-order valence-electron chi connectivity index (χ2n) is 2.00. The Morgan fingerprint density at radius 1 is 1.42 bits per heavy atom. The first-order valence-corrected chi connectivity index (χ1v) is 3.07. The van der Waals surface area contributed by atoms with Crippen LogP contribution in [0.4, 0.5) is 0 Å². The van der Waals surface area contributed by atoms with E-state index < -0.39 is 12.7 Å². The Kier molecular flexibility index (Phi) is 3.00. The molecule has 0 unspecified atom stereocenters. The zero-order chi connectivity index (χ0) is 8.97. The van der Waals surface area contributed by atoms with Crippen LogP contribution in [0.25, 0.3) is 0 Å². The van der Waals surface area contributed by atoms with Gasteiger partial charge in [-0.1, -0.05) is 6.07 Å². The summed E-state index contributed by atoms with van der Waals surface area (Å²) in [5.41, 5.74) is -0.534. The Hall–Kier alpha value is -1.15. The van der Waals surface area contributed by atoms with Crippen LogP contribution in [-0.2, 0) is 9.61 Å². The molecule has 64 valence electrons. The third-order valence-corrected chi connectivity index (χ3v) is 1.29. The molecular formula is C5H6BNO5. The first kappa shape index (κ1) is 8.95. The van der Waals surface area contributed by atoms with Crippen molar-refractivity contribution in [3.8, 4) is 0 Å². The molecule has 0 aromatic carbocycles. The molecule has 0 amide bonds. The van der Waals surface area contributed by atoms with Crippen LogP contribution in [-0.4, -0.2) is 22.6 Å². The van der Waals surface area contributed by atoms with Crippen LogP contribution in [0.3, 0.4) is 0 Å². The van der Waals surface area contributed by atoms with E-state index in [0.717, 1.165) is 0 Å². The normalized spacial score (nSPS) is 9.83. The minimum absolute atomic E-state index is 0.0255. The zero-order valence-electron chi connectivity index (χ0n) is 5.93. The van der Waals surface area contributed by atoms with Crippen molar-refractivity contribution >= 4 is 12.6 Å². The molecule has 7 heteroatoms. The number of aromatic amines is 1. The van der Waals surface area contributed by atoms with E-state index in [1.807, 2.05) is 0 Å². The minimum Gasteiger partial charge on any atom is -0.329 e. The average Bonchev–Trinajstić information content (AvgIpc) is 2.10. The molecular weight excluding hydrogens is 165 g/mol. The highest BCUT2D eigenvalue weighted by molar-refractivity contribution is 6.60. The topological polar surface area (TPSA) is 91.8 Å². The van der Waals surface area contributed by atoms with Gasteiger partial charge in [-0.15, -0.1) is 0 Å². The van der Waals surface area contributed by atoms with Gasteiger partial charge >= 0.3 is 7.12 Å². The summed E-state index contributed by atoms with van der Waals surface area (Å²) in [5, 5.41) is 16.3. The smallest absolute Gasteiger partial charge is 0.329 e. The molecule has 0 atom stereocenters. The number of rotatable bonds is 3. The highest BCUT2D eigenvalue weighted by Crippen LogP contribution is 1.82. The maximum absolute atomic E-state index is 10.9. The SMILES string of the molecule is O=c1[nH]cccc1B(OO)OO. The van der Waals surface area contributed by atoms with Crippen LogP contribution < -0.4 is 11.0 Å². The predicted octanol–water partition coefficient (Wildman–Crippen LogP) is -0.951. The van der Waals surface area contributed by atoms with Gasteiger partial charge in [0.05, 0.1) is 5.46 Å². The van der Waals surface area contributed by atoms with Gasteiger partial charge in [-0.05, 0) is 6.07 Å². The number of H-pyrrole nitrogens is 1. The van der Waals surface area contributed by atoms with Crippen molar-refractivity contribution in [3.63, 3.8) is 0 Å². The Bertz CT molecular complexity index is 296. The van der Waals surface area contributed by atoms with E-state index in [9.17, 15) is 4.79 Å². The lowest BCUT2D eigenvalue weighted by molar-refractivity contribution is -0.221. The number of nitrogens with one attached hydrogen (secondary N) is 1. The van der Waals surface area contributed by atoms with E-state index in [-0.39, 0.29) is 5.46 Å².